The Morgan fingerprint density at radius 2 is 1.91 bits per heavy atom. The van der Waals surface area contributed by atoms with E-state index < -0.39 is 0 Å². The van der Waals surface area contributed by atoms with Crippen molar-refractivity contribution >= 4 is 5.97 Å². The average molecular weight is 343 g/mol. The van der Waals surface area contributed by atoms with Gasteiger partial charge in [0.1, 0.15) is 25.0 Å². The predicted octanol–water partition coefficient (Wildman–Crippen LogP) is 0.555. The van der Waals surface area contributed by atoms with Gasteiger partial charge in [-0.15, -0.1) is 0 Å². The van der Waals surface area contributed by atoms with Gasteiger partial charge in [-0.25, -0.2) is 13.9 Å². The van der Waals surface area contributed by atoms with Crippen molar-refractivity contribution in [2.24, 2.45) is 7.05 Å². The second-order valence-corrected chi connectivity index (χ2v) is 5.95. The minimum atomic E-state index is -0.329. The van der Waals surface area contributed by atoms with Gasteiger partial charge in [-0.2, -0.15) is 0 Å². The molecule has 0 aliphatic rings. The number of ether oxygens (including phenoxy) is 1. The number of halogens is 1. The number of hydrogen-bond acceptors (Lipinski definition) is 2. The molecular weight excluding hydrogens is 312 g/mol. The molecule has 1 atom stereocenters. The predicted molar refractivity (Wildman–Crippen MR) is 88.3 cm³/mol. The van der Waals surface area contributed by atoms with Gasteiger partial charge in [0.25, 0.3) is 0 Å². The lowest BCUT2D eigenvalue weighted by Gasteiger charge is -2.15. The summed E-state index contributed by atoms with van der Waals surface area (Å²) in [5.74, 6) is -0.329. The van der Waals surface area contributed by atoms with Crippen LogP contribution in [0, 0.1) is 0 Å². The van der Waals surface area contributed by atoms with E-state index in [-0.39, 0.29) is 24.5 Å². The maximum Gasteiger partial charge on any atom is 0.330 e. The summed E-state index contributed by atoms with van der Waals surface area (Å²) in [4.78, 5) is 11.5. The fourth-order valence-electron chi connectivity index (χ4n) is 2.57. The first-order valence-corrected chi connectivity index (χ1v) is 8.49. The molecule has 0 saturated carbocycles. The lowest BCUT2D eigenvalue weighted by atomic mass is 10.1. The van der Waals surface area contributed by atoms with Crippen LogP contribution in [0.1, 0.15) is 58.3 Å². The number of carbonyl (C=O) groups is 1. The third-order valence-corrected chi connectivity index (χ3v) is 3.82. The Bertz CT molecular complexity index is 446. The molecule has 0 spiro atoms. The van der Waals surface area contributed by atoms with E-state index in [1.165, 1.54) is 44.6 Å². The van der Waals surface area contributed by atoms with E-state index in [0.29, 0.717) is 6.54 Å². The molecule has 5 heteroatoms. The Balaban J connectivity index is 0.00000484. The molecule has 0 aromatic carbocycles. The normalized spacial score (nSPS) is 11.6. The van der Waals surface area contributed by atoms with Gasteiger partial charge in [0, 0.05) is 6.08 Å². The van der Waals surface area contributed by atoms with Crippen molar-refractivity contribution in [3.8, 4) is 0 Å². The number of carbonyl (C=O) groups excluding carboxylic acids is 1. The highest BCUT2D eigenvalue weighted by Gasteiger charge is 2.16. The molecule has 1 aromatic heterocycles. The highest BCUT2D eigenvalue weighted by molar-refractivity contribution is 5.81. The summed E-state index contributed by atoms with van der Waals surface area (Å²) < 4.78 is 9.51. The Kier molecular flexibility index (Phi) is 12.4. The van der Waals surface area contributed by atoms with Crippen molar-refractivity contribution in [2.45, 2.75) is 70.9 Å². The van der Waals surface area contributed by atoms with Gasteiger partial charge in [0.2, 0.25) is 6.33 Å². The SMILES string of the molecule is C=CC(=O)OC(CCCCCCCCC)C[n+]1ccn(C)c1.[Cl-]. The third-order valence-electron chi connectivity index (χ3n) is 3.82. The molecule has 0 aliphatic carbocycles. The van der Waals surface area contributed by atoms with Crippen LogP contribution in [0.15, 0.2) is 31.4 Å². The summed E-state index contributed by atoms with van der Waals surface area (Å²) in [6.45, 7) is 6.42. The molecule has 0 radical (unpaired) electrons. The number of unbranched alkanes of at least 4 members (excludes halogenated alkanes) is 6. The largest absolute Gasteiger partial charge is 1.00 e. The highest BCUT2D eigenvalue weighted by Crippen LogP contribution is 2.12. The van der Waals surface area contributed by atoms with Crippen LogP contribution in [0.2, 0.25) is 0 Å². The Morgan fingerprint density at radius 3 is 2.48 bits per heavy atom. The van der Waals surface area contributed by atoms with Crippen LogP contribution >= 0.6 is 0 Å². The molecule has 23 heavy (non-hydrogen) atoms. The Labute approximate surface area is 146 Å². The first kappa shape index (κ1) is 21.7. The second kappa shape index (κ2) is 13.2. The number of imidazole rings is 1. The number of aryl methyl sites for hydroxylation is 1. The zero-order valence-electron chi connectivity index (χ0n) is 14.5. The zero-order valence-corrected chi connectivity index (χ0v) is 15.3. The molecule has 0 saturated heterocycles. The fourth-order valence-corrected chi connectivity index (χ4v) is 2.57. The lowest BCUT2D eigenvalue weighted by molar-refractivity contribution is -0.702. The topological polar surface area (TPSA) is 35.1 Å². The van der Waals surface area contributed by atoms with Crippen LogP contribution in [0.4, 0.5) is 0 Å². The van der Waals surface area contributed by atoms with Crippen LogP contribution in [0.5, 0.6) is 0 Å². The van der Waals surface area contributed by atoms with Crippen LogP contribution in [-0.4, -0.2) is 16.6 Å². The molecular formula is C18H31ClN2O2. The van der Waals surface area contributed by atoms with E-state index in [2.05, 4.69) is 18.1 Å². The van der Waals surface area contributed by atoms with Crippen LogP contribution < -0.4 is 17.0 Å². The van der Waals surface area contributed by atoms with Crippen molar-refractivity contribution in [3.63, 3.8) is 0 Å². The van der Waals surface area contributed by atoms with Gasteiger partial charge in [0.15, 0.2) is 0 Å². The van der Waals surface area contributed by atoms with Crippen molar-refractivity contribution in [2.75, 3.05) is 0 Å². The molecule has 132 valence electrons. The van der Waals surface area contributed by atoms with Gasteiger partial charge < -0.3 is 17.1 Å². The maximum atomic E-state index is 11.5. The van der Waals surface area contributed by atoms with Gasteiger partial charge in [-0.05, 0) is 12.8 Å². The van der Waals surface area contributed by atoms with E-state index in [4.69, 9.17) is 4.74 Å². The number of hydrogen-bond donors (Lipinski definition) is 0. The van der Waals surface area contributed by atoms with Crippen LogP contribution in [0.25, 0.3) is 0 Å². The van der Waals surface area contributed by atoms with Crippen LogP contribution in [-0.2, 0) is 23.1 Å². The fraction of sp³-hybridized carbons (Fsp3) is 0.667. The molecule has 0 bridgehead atoms. The van der Waals surface area contributed by atoms with E-state index in [9.17, 15) is 4.79 Å². The number of esters is 1. The van der Waals surface area contributed by atoms with E-state index in [0.717, 1.165) is 12.8 Å². The van der Waals surface area contributed by atoms with E-state index in [1.807, 2.05) is 30.3 Å². The summed E-state index contributed by atoms with van der Waals surface area (Å²) in [6.07, 6.45) is 16.9. The quantitative estimate of drug-likeness (QED) is 0.241. The zero-order chi connectivity index (χ0) is 16.2. The molecule has 1 heterocycles. The van der Waals surface area contributed by atoms with Crippen LogP contribution in [0.3, 0.4) is 0 Å². The molecule has 1 aromatic rings. The number of nitrogens with zero attached hydrogens (tertiary/aromatic N) is 2. The lowest BCUT2D eigenvalue weighted by Crippen LogP contribution is -3.00. The number of rotatable bonds is 12. The molecule has 1 rings (SSSR count). The van der Waals surface area contributed by atoms with Crippen molar-refractivity contribution in [1.29, 1.82) is 0 Å². The molecule has 0 fully saturated rings. The summed E-state index contributed by atoms with van der Waals surface area (Å²) in [5.41, 5.74) is 0. The Hall–Kier alpha value is -1.29. The van der Waals surface area contributed by atoms with Crippen molar-refractivity contribution in [3.05, 3.63) is 31.4 Å². The van der Waals surface area contributed by atoms with Gasteiger partial charge in [-0.3, -0.25) is 0 Å². The first-order valence-electron chi connectivity index (χ1n) is 8.49. The molecule has 4 nitrogen and oxygen atoms in total. The highest BCUT2D eigenvalue weighted by atomic mass is 35.5. The van der Waals surface area contributed by atoms with Gasteiger partial charge in [0.05, 0.1) is 7.05 Å². The third kappa shape index (κ3) is 10.2. The summed E-state index contributed by atoms with van der Waals surface area (Å²) >= 11 is 0. The minimum absolute atomic E-state index is 0. The van der Waals surface area contributed by atoms with E-state index in [1.54, 1.807) is 0 Å². The van der Waals surface area contributed by atoms with Crippen molar-refractivity contribution in [1.82, 2.24) is 4.57 Å². The summed E-state index contributed by atoms with van der Waals surface area (Å²) in [5, 5.41) is 0. The molecule has 0 N–H and O–H groups in total. The molecule has 0 amide bonds. The van der Waals surface area contributed by atoms with Gasteiger partial charge >= 0.3 is 5.97 Å². The van der Waals surface area contributed by atoms with E-state index >= 15 is 0 Å². The second-order valence-electron chi connectivity index (χ2n) is 5.95. The smallest absolute Gasteiger partial charge is 0.330 e. The first-order chi connectivity index (χ1) is 10.7. The summed E-state index contributed by atoms with van der Waals surface area (Å²) in [6, 6.07) is 0. The van der Waals surface area contributed by atoms with Gasteiger partial charge in [-0.1, -0.05) is 52.0 Å². The average Bonchev–Trinajstić information content (AvgIpc) is 2.91. The monoisotopic (exact) mass is 342 g/mol. The number of aromatic nitrogens is 2. The van der Waals surface area contributed by atoms with Crippen molar-refractivity contribution < 1.29 is 26.5 Å². The maximum absolute atomic E-state index is 11.5. The summed E-state index contributed by atoms with van der Waals surface area (Å²) in [7, 11) is 1.98. The minimum Gasteiger partial charge on any atom is -1.00 e. The standard InChI is InChI=1S/C18H31N2O2.ClH/c1-4-6-7-8-9-10-11-12-17(22-18(21)5-2)15-20-14-13-19(3)16-20;/h5,13-14,16-17H,2,4,6-12,15H2,1,3H3;1H/q+1;/p-1. The molecule has 1 unspecified atom stereocenters. The Morgan fingerprint density at radius 1 is 1.26 bits per heavy atom. The molecule has 0 aliphatic heterocycles.